The van der Waals surface area contributed by atoms with E-state index in [0.717, 1.165) is 19.3 Å². The van der Waals surface area contributed by atoms with Crippen LogP contribution in [0.5, 0.6) is 0 Å². The number of rotatable bonds is 2. The highest BCUT2D eigenvalue weighted by molar-refractivity contribution is 5.97. The summed E-state index contributed by atoms with van der Waals surface area (Å²) in [6, 6.07) is 0. The van der Waals surface area contributed by atoms with Crippen LogP contribution in [0.25, 0.3) is 0 Å². The van der Waals surface area contributed by atoms with Crippen molar-refractivity contribution in [2.45, 2.75) is 26.2 Å². The second-order valence-corrected chi connectivity index (χ2v) is 4.52. The van der Waals surface area contributed by atoms with Crippen LogP contribution in [0.15, 0.2) is 0 Å². The zero-order chi connectivity index (χ0) is 13.3. The van der Waals surface area contributed by atoms with Gasteiger partial charge in [-0.15, -0.1) is 0 Å². The Hall–Kier alpha value is -1.92. The number of nitro groups is 1. The molecule has 1 amide bonds. The Morgan fingerprint density at radius 2 is 1.94 bits per heavy atom. The molecular formula is C11H16N4O3. The molecule has 0 unspecified atom stereocenters. The maximum atomic E-state index is 12.3. The smallest absolute Gasteiger partial charge is 0.322 e. The number of carbonyl (C=O) groups is 1. The number of carbonyl (C=O) groups excluding carboxylic acids is 1. The van der Waals surface area contributed by atoms with Gasteiger partial charge in [-0.2, -0.15) is 5.10 Å². The van der Waals surface area contributed by atoms with Crippen LogP contribution < -0.4 is 0 Å². The van der Waals surface area contributed by atoms with E-state index >= 15 is 0 Å². The number of hydrogen-bond donors (Lipinski definition) is 0. The van der Waals surface area contributed by atoms with Gasteiger partial charge in [0.05, 0.1) is 4.92 Å². The van der Waals surface area contributed by atoms with Crippen LogP contribution >= 0.6 is 0 Å². The molecule has 0 N–H and O–H groups in total. The summed E-state index contributed by atoms with van der Waals surface area (Å²) in [4.78, 5) is 24.5. The third-order valence-corrected chi connectivity index (χ3v) is 3.22. The molecule has 0 aromatic carbocycles. The van der Waals surface area contributed by atoms with E-state index in [2.05, 4.69) is 5.10 Å². The first-order chi connectivity index (χ1) is 8.52. The van der Waals surface area contributed by atoms with Crippen LogP contribution in [0.2, 0.25) is 0 Å². The van der Waals surface area contributed by atoms with E-state index in [-0.39, 0.29) is 23.0 Å². The normalized spacial score (nSPS) is 15.8. The van der Waals surface area contributed by atoms with Gasteiger partial charge in [0.2, 0.25) is 5.69 Å². The fraction of sp³-hybridized carbons (Fsp3) is 0.636. The van der Waals surface area contributed by atoms with Gasteiger partial charge < -0.3 is 4.90 Å². The minimum Gasteiger partial charge on any atom is -0.337 e. The lowest BCUT2D eigenvalue weighted by Crippen LogP contribution is -2.36. The fourth-order valence-electron chi connectivity index (χ4n) is 2.35. The first kappa shape index (κ1) is 12.5. The van der Waals surface area contributed by atoms with Crippen molar-refractivity contribution in [2.24, 2.45) is 7.05 Å². The average Bonchev–Trinajstić information content (AvgIpc) is 2.64. The van der Waals surface area contributed by atoms with Crippen molar-refractivity contribution in [2.75, 3.05) is 13.1 Å². The summed E-state index contributed by atoms with van der Waals surface area (Å²) in [6.07, 6.45) is 3.02. The molecule has 1 aromatic heterocycles. The summed E-state index contributed by atoms with van der Waals surface area (Å²) < 4.78 is 1.31. The molecule has 0 saturated carbocycles. The molecule has 0 radical (unpaired) electrons. The lowest BCUT2D eigenvalue weighted by atomic mass is 10.1. The average molecular weight is 252 g/mol. The molecule has 0 bridgehead atoms. The minimum atomic E-state index is -0.528. The number of aryl methyl sites for hydroxylation is 2. The van der Waals surface area contributed by atoms with Gasteiger partial charge in [0.15, 0.2) is 0 Å². The Labute approximate surface area is 105 Å². The van der Waals surface area contributed by atoms with Gasteiger partial charge in [0, 0.05) is 20.1 Å². The van der Waals surface area contributed by atoms with Gasteiger partial charge in [-0.3, -0.25) is 19.6 Å². The third kappa shape index (κ3) is 2.07. The molecule has 0 aliphatic carbocycles. The Morgan fingerprint density at radius 1 is 1.33 bits per heavy atom. The second-order valence-electron chi connectivity index (χ2n) is 4.52. The van der Waals surface area contributed by atoms with Crippen LogP contribution in [0.1, 0.15) is 35.4 Å². The van der Waals surface area contributed by atoms with Gasteiger partial charge in [-0.25, -0.2) is 0 Å². The Bertz CT molecular complexity index is 489. The van der Waals surface area contributed by atoms with Crippen LogP contribution in [-0.4, -0.2) is 38.6 Å². The molecule has 1 aliphatic heterocycles. The van der Waals surface area contributed by atoms with E-state index in [9.17, 15) is 14.9 Å². The van der Waals surface area contributed by atoms with Gasteiger partial charge in [0.1, 0.15) is 5.69 Å². The summed E-state index contributed by atoms with van der Waals surface area (Å²) in [6.45, 7) is 2.88. The number of nitrogens with zero attached hydrogens (tertiary/aromatic N) is 4. The molecular weight excluding hydrogens is 236 g/mol. The van der Waals surface area contributed by atoms with E-state index in [0.29, 0.717) is 13.1 Å². The van der Waals surface area contributed by atoms with E-state index < -0.39 is 4.92 Å². The molecule has 1 fully saturated rings. The molecule has 98 valence electrons. The minimum absolute atomic E-state index is 0.0828. The van der Waals surface area contributed by atoms with Crippen LogP contribution in [-0.2, 0) is 7.05 Å². The summed E-state index contributed by atoms with van der Waals surface area (Å²) in [7, 11) is 1.57. The Kier molecular flexibility index (Phi) is 3.31. The predicted molar refractivity (Wildman–Crippen MR) is 64.4 cm³/mol. The van der Waals surface area contributed by atoms with E-state index in [1.807, 2.05) is 0 Å². The van der Waals surface area contributed by atoms with Crippen molar-refractivity contribution in [3.05, 3.63) is 21.5 Å². The maximum absolute atomic E-state index is 12.3. The zero-order valence-corrected chi connectivity index (χ0v) is 10.5. The number of piperidine rings is 1. The predicted octanol–water partition coefficient (Wildman–Crippen LogP) is 1.26. The third-order valence-electron chi connectivity index (χ3n) is 3.22. The molecule has 0 atom stereocenters. The largest absolute Gasteiger partial charge is 0.337 e. The SMILES string of the molecule is Cc1nn(C)c(C(=O)N2CCCCC2)c1[N+](=O)[O-]. The molecule has 18 heavy (non-hydrogen) atoms. The fourth-order valence-corrected chi connectivity index (χ4v) is 2.35. The summed E-state index contributed by atoms with van der Waals surface area (Å²) in [5.41, 5.74) is 0.190. The Morgan fingerprint density at radius 3 is 2.50 bits per heavy atom. The summed E-state index contributed by atoms with van der Waals surface area (Å²) in [5, 5.41) is 15.0. The van der Waals surface area contributed by atoms with Crippen molar-refractivity contribution >= 4 is 11.6 Å². The van der Waals surface area contributed by atoms with Gasteiger partial charge >= 0.3 is 5.69 Å². The lowest BCUT2D eigenvalue weighted by molar-refractivity contribution is -0.385. The van der Waals surface area contributed by atoms with Crippen LogP contribution in [0.3, 0.4) is 0 Å². The molecule has 2 rings (SSSR count). The first-order valence-corrected chi connectivity index (χ1v) is 5.99. The standard InChI is InChI=1S/C11H16N4O3/c1-8-9(15(17)18)10(13(2)12-8)11(16)14-6-4-3-5-7-14/h3-7H2,1-2H3. The second kappa shape index (κ2) is 4.75. The number of amides is 1. The van der Waals surface area contributed by atoms with Gasteiger partial charge in [-0.1, -0.05) is 0 Å². The highest BCUT2D eigenvalue weighted by atomic mass is 16.6. The topological polar surface area (TPSA) is 81.3 Å². The van der Waals surface area contributed by atoms with Crippen molar-refractivity contribution in [1.29, 1.82) is 0 Å². The van der Waals surface area contributed by atoms with Crippen LogP contribution in [0, 0.1) is 17.0 Å². The number of aromatic nitrogens is 2. The van der Waals surface area contributed by atoms with Crippen LogP contribution in [0.4, 0.5) is 5.69 Å². The molecule has 1 aliphatic rings. The molecule has 2 heterocycles. The number of likely N-dealkylation sites (tertiary alicyclic amines) is 1. The number of hydrogen-bond acceptors (Lipinski definition) is 4. The molecule has 0 spiro atoms. The van der Waals surface area contributed by atoms with E-state index in [1.165, 1.54) is 4.68 Å². The van der Waals surface area contributed by atoms with E-state index in [1.54, 1.807) is 18.9 Å². The summed E-state index contributed by atoms with van der Waals surface area (Å²) in [5.74, 6) is -0.287. The molecule has 7 heteroatoms. The zero-order valence-electron chi connectivity index (χ0n) is 10.5. The van der Waals surface area contributed by atoms with Gasteiger partial charge in [-0.05, 0) is 26.2 Å². The van der Waals surface area contributed by atoms with Crippen molar-refractivity contribution in [3.63, 3.8) is 0 Å². The highest BCUT2D eigenvalue weighted by Crippen LogP contribution is 2.24. The highest BCUT2D eigenvalue weighted by Gasteiger charge is 2.32. The maximum Gasteiger partial charge on any atom is 0.322 e. The molecule has 7 nitrogen and oxygen atoms in total. The van der Waals surface area contributed by atoms with Crippen molar-refractivity contribution in [3.8, 4) is 0 Å². The van der Waals surface area contributed by atoms with Crippen molar-refractivity contribution in [1.82, 2.24) is 14.7 Å². The lowest BCUT2D eigenvalue weighted by Gasteiger charge is -2.26. The monoisotopic (exact) mass is 252 g/mol. The molecule has 1 saturated heterocycles. The summed E-state index contributed by atoms with van der Waals surface area (Å²) >= 11 is 0. The van der Waals surface area contributed by atoms with Gasteiger partial charge in [0.25, 0.3) is 5.91 Å². The van der Waals surface area contributed by atoms with E-state index in [4.69, 9.17) is 0 Å². The Balaban J connectivity index is 2.37. The first-order valence-electron chi connectivity index (χ1n) is 5.99. The van der Waals surface area contributed by atoms with Crippen molar-refractivity contribution < 1.29 is 9.72 Å². The molecule has 1 aromatic rings. The quantitative estimate of drug-likeness (QED) is 0.586.